The molecule has 98 valence electrons. The third kappa shape index (κ3) is 4.18. The molecule has 0 bridgehead atoms. The maximum Gasteiger partial charge on any atom is 0.328 e. The lowest BCUT2D eigenvalue weighted by molar-refractivity contribution is -0.144. The lowest BCUT2D eigenvalue weighted by Gasteiger charge is -2.15. The fraction of sp³-hybridized carbons (Fsp3) is 0.385. The van der Waals surface area contributed by atoms with Crippen LogP contribution in [0, 0.1) is 0 Å². The molecule has 0 heterocycles. The van der Waals surface area contributed by atoms with Crippen LogP contribution in [-0.2, 0) is 27.4 Å². The number of rotatable bonds is 5. The summed E-state index contributed by atoms with van der Waals surface area (Å²) in [6.07, 6.45) is 0.359. The summed E-state index contributed by atoms with van der Waals surface area (Å²) in [6, 6.07) is 6.48. The molecule has 0 spiro atoms. The summed E-state index contributed by atoms with van der Waals surface area (Å²) >= 11 is 0. The van der Waals surface area contributed by atoms with Crippen molar-refractivity contribution < 1.29 is 19.4 Å². The highest BCUT2D eigenvalue weighted by molar-refractivity contribution is 5.83. The summed E-state index contributed by atoms with van der Waals surface area (Å²) in [5.41, 5.74) is 1.68. The SMILES string of the molecule is COC(=O)[C@H](Cc1ccc(CO)cc1)NC(C)=O. The van der Waals surface area contributed by atoms with Crippen LogP contribution >= 0.6 is 0 Å². The van der Waals surface area contributed by atoms with Gasteiger partial charge in [-0.2, -0.15) is 0 Å². The number of nitrogens with one attached hydrogen (secondary N) is 1. The molecule has 0 unspecified atom stereocenters. The van der Waals surface area contributed by atoms with E-state index >= 15 is 0 Å². The van der Waals surface area contributed by atoms with Crippen molar-refractivity contribution >= 4 is 11.9 Å². The topological polar surface area (TPSA) is 75.6 Å². The number of hydrogen-bond donors (Lipinski definition) is 2. The molecule has 0 aliphatic heterocycles. The van der Waals surface area contributed by atoms with Crippen LogP contribution in [0.1, 0.15) is 18.1 Å². The number of carbonyl (C=O) groups excluding carboxylic acids is 2. The van der Waals surface area contributed by atoms with E-state index in [1.165, 1.54) is 14.0 Å². The minimum absolute atomic E-state index is 0.0214. The maximum atomic E-state index is 11.5. The molecule has 0 aromatic heterocycles. The van der Waals surface area contributed by atoms with Gasteiger partial charge in [-0.15, -0.1) is 0 Å². The van der Waals surface area contributed by atoms with Gasteiger partial charge < -0.3 is 15.2 Å². The molecule has 1 aromatic carbocycles. The van der Waals surface area contributed by atoms with Gasteiger partial charge in [-0.3, -0.25) is 4.79 Å². The highest BCUT2D eigenvalue weighted by Gasteiger charge is 2.20. The summed E-state index contributed by atoms with van der Waals surface area (Å²) in [4.78, 5) is 22.5. The molecule has 0 radical (unpaired) electrons. The van der Waals surface area contributed by atoms with Gasteiger partial charge in [-0.1, -0.05) is 24.3 Å². The van der Waals surface area contributed by atoms with E-state index in [1.807, 2.05) is 12.1 Å². The Hall–Kier alpha value is -1.88. The van der Waals surface area contributed by atoms with E-state index in [-0.39, 0.29) is 12.5 Å². The van der Waals surface area contributed by atoms with Gasteiger partial charge in [0.2, 0.25) is 5.91 Å². The number of ether oxygens (including phenoxy) is 1. The van der Waals surface area contributed by atoms with E-state index in [9.17, 15) is 9.59 Å². The predicted octanol–water partition coefficient (Wildman–Crippen LogP) is 0.399. The second kappa shape index (κ2) is 6.76. The second-order valence-corrected chi connectivity index (χ2v) is 3.96. The van der Waals surface area contributed by atoms with Crippen molar-refractivity contribution in [3.05, 3.63) is 35.4 Å². The summed E-state index contributed by atoms with van der Waals surface area (Å²) < 4.78 is 4.64. The summed E-state index contributed by atoms with van der Waals surface area (Å²) in [6.45, 7) is 1.33. The Labute approximate surface area is 106 Å². The highest BCUT2D eigenvalue weighted by Crippen LogP contribution is 2.08. The Morgan fingerprint density at radius 2 is 1.83 bits per heavy atom. The molecular weight excluding hydrogens is 234 g/mol. The van der Waals surface area contributed by atoms with Crippen LogP contribution in [-0.4, -0.2) is 30.1 Å². The van der Waals surface area contributed by atoms with E-state index in [4.69, 9.17) is 5.11 Å². The minimum atomic E-state index is -0.688. The van der Waals surface area contributed by atoms with Crippen LogP contribution in [0.2, 0.25) is 0 Å². The molecular formula is C13H17NO4. The molecule has 1 aromatic rings. The van der Waals surface area contributed by atoms with Gasteiger partial charge >= 0.3 is 5.97 Å². The molecule has 0 aliphatic rings. The van der Waals surface area contributed by atoms with Crippen molar-refractivity contribution in [2.45, 2.75) is 26.0 Å². The Balaban J connectivity index is 2.75. The minimum Gasteiger partial charge on any atom is -0.467 e. The van der Waals surface area contributed by atoms with Gasteiger partial charge in [0.1, 0.15) is 6.04 Å². The molecule has 5 nitrogen and oxygen atoms in total. The van der Waals surface area contributed by atoms with Gasteiger partial charge in [-0.05, 0) is 11.1 Å². The summed E-state index contributed by atoms with van der Waals surface area (Å²) in [7, 11) is 1.28. The predicted molar refractivity (Wildman–Crippen MR) is 65.7 cm³/mol. The van der Waals surface area contributed by atoms with Gasteiger partial charge in [0.05, 0.1) is 13.7 Å². The first-order valence-corrected chi connectivity index (χ1v) is 5.60. The Bertz CT molecular complexity index is 414. The number of esters is 1. The third-order valence-corrected chi connectivity index (χ3v) is 2.51. The molecule has 2 N–H and O–H groups in total. The van der Waals surface area contributed by atoms with Gasteiger partial charge in [0.15, 0.2) is 0 Å². The first-order chi connectivity index (χ1) is 8.56. The number of methoxy groups -OCH3 is 1. The maximum absolute atomic E-state index is 11.5. The summed E-state index contributed by atoms with van der Waals surface area (Å²) in [5.74, 6) is -0.756. The van der Waals surface area contributed by atoms with Crippen molar-refractivity contribution in [3.63, 3.8) is 0 Å². The quantitative estimate of drug-likeness (QED) is 0.743. The number of carbonyl (C=O) groups is 2. The van der Waals surface area contributed by atoms with Crippen molar-refractivity contribution in [1.82, 2.24) is 5.32 Å². The zero-order valence-corrected chi connectivity index (χ0v) is 10.5. The lowest BCUT2D eigenvalue weighted by Crippen LogP contribution is -2.41. The largest absolute Gasteiger partial charge is 0.467 e. The average Bonchev–Trinajstić information content (AvgIpc) is 2.37. The van der Waals surface area contributed by atoms with E-state index < -0.39 is 12.0 Å². The van der Waals surface area contributed by atoms with Crippen LogP contribution < -0.4 is 5.32 Å². The lowest BCUT2D eigenvalue weighted by atomic mass is 10.0. The standard InChI is InChI=1S/C13H17NO4/c1-9(16)14-12(13(17)18-2)7-10-3-5-11(8-15)6-4-10/h3-6,12,15H,7-8H2,1-2H3,(H,14,16)/t12-/m0/s1. The van der Waals surface area contributed by atoms with Crippen LogP contribution in [0.25, 0.3) is 0 Å². The fourth-order valence-electron chi connectivity index (χ4n) is 1.60. The molecule has 1 rings (SSSR count). The van der Waals surface area contributed by atoms with Crippen molar-refractivity contribution in [2.75, 3.05) is 7.11 Å². The smallest absolute Gasteiger partial charge is 0.328 e. The van der Waals surface area contributed by atoms with E-state index in [0.29, 0.717) is 6.42 Å². The first kappa shape index (κ1) is 14.2. The van der Waals surface area contributed by atoms with Gasteiger partial charge in [0.25, 0.3) is 0 Å². The zero-order valence-electron chi connectivity index (χ0n) is 10.5. The van der Waals surface area contributed by atoms with Crippen molar-refractivity contribution in [1.29, 1.82) is 0 Å². The first-order valence-electron chi connectivity index (χ1n) is 5.60. The fourth-order valence-corrected chi connectivity index (χ4v) is 1.60. The molecule has 1 atom stereocenters. The number of amides is 1. The Morgan fingerprint density at radius 1 is 1.28 bits per heavy atom. The molecule has 0 fully saturated rings. The van der Waals surface area contributed by atoms with Crippen LogP contribution in [0.3, 0.4) is 0 Å². The van der Waals surface area contributed by atoms with Crippen LogP contribution in [0.5, 0.6) is 0 Å². The Kier molecular flexibility index (Phi) is 5.32. The third-order valence-electron chi connectivity index (χ3n) is 2.51. The van der Waals surface area contributed by atoms with Gasteiger partial charge in [-0.25, -0.2) is 4.79 Å². The number of aliphatic hydroxyl groups is 1. The molecule has 0 saturated heterocycles. The molecule has 0 saturated carbocycles. The number of benzene rings is 1. The van der Waals surface area contributed by atoms with Crippen molar-refractivity contribution in [3.8, 4) is 0 Å². The van der Waals surface area contributed by atoms with Crippen LogP contribution in [0.15, 0.2) is 24.3 Å². The second-order valence-electron chi connectivity index (χ2n) is 3.96. The highest BCUT2D eigenvalue weighted by atomic mass is 16.5. The molecule has 0 aliphatic carbocycles. The molecule has 1 amide bonds. The van der Waals surface area contributed by atoms with E-state index in [0.717, 1.165) is 11.1 Å². The van der Waals surface area contributed by atoms with Crippen LogP contribution in [0.4, 0.5) is 0 Å². The zero-order chi connectivity index (χ0) is 13.5. The molecule has 5 heteroatoms. The summed E-state index contributed by atoms with van der Waals surface area (Å²) in [5, 5.41) is 11.5. The normalized spacial score (nSPS) is 11.7. The van der Waals surface area contributed by atoms with E-state index in [2.05, 4.69) is 10.1 Å². The Morgan fingerprint density at radius 3 is 2.28 bits per heavy atom. The van der Waals surface area contributed by atoms with E-state index in [1.54, 1.807) is 12.1 Å². The monoisotopic (exact) mass is 251 g/mol. The molecule has 18 heavy (non-hydrogen) atoms. The average molecular weight is 251 g/mol. The number of aliphatic hydroxyl groups excluding tert-OH is 1. The number of hydrogen-bond acceptors (Lipinski definition) is 4. The van der Waals surface area contributed by atoms with Gasteiger partial charge in [0, 0.05) is 13.3 Å². The van der Waals surface area contributed by atoms with Crippen molar-refractivity contribution in [2.24, 2.45) is 0 Å².